The van der Waals surface area contributed by atoms with Crippen molar-refractivity contribution in [2.24, 2.45) is 4.99 Å². The molecule has 0 bridgehead atoms. The lowest BCUT2D eigenvalue weighted by Gasteiger charge is -2.19. The zero-order valence-corrected chi connectivity index (χ0v) is 19.4. The number of alkyl halides is 5. The molecular formula is C25H22F6N2O4. The molecular weight excluding hydrogens is 506 g/mol. The highest BCUT2D eigenvalue weighted by Gasteiger charge is 2.37. The summed E-state index contributed by atoms with van der Waals surface area (Å²) in [6, 6.07) is 6.23. The molecule has 198 valence electrons. The number of rotatable bonds is 9. The quantitative estimate of drug-likeness (QED) is 0.466. The fourth-order valence-electron chi connectivity index (χ4n) is 3.61. The van der Waals surface area contributed by atoms with E-state index in [1.165, 1.54) is 24.4 Å². The number of ether oxygens (including phenoxy) is 1. The summed E-state index contributed by atoms with van der Waals surface area (Å²) < 4.78 is 87.1. The van der Waals surface area contributed by atoms with E-state index in [4.69, 9.17) is 9.84 Å². The molecule has 1 atom stereocenters. The minimum atomic E-state index is -4.99. The number of nitrogens with one attached hydrogen (secondary N) is 1. The first-order chi connectivity index (χ1) is 17.3. The number of aliphatic imine (C=N–C) groups is 1. The highest BCUT2D eigenvalue weighted by molar-refractivity contribution is 6.17. The Morgan fingerprint density at radius 2 is 1.81 bits per heavy atom. The maximum Gasteiger partial charge on any atom is 0.416 e. The topological polar surface area (TPSA) is 88.0 Å². The van der Waals surface area contributed by atoms with E-state index in [-0.39, 0.29) is 17.9 Å². The van der Waals surface area contributed by atoms with E-state index < -0.39 is 66.4 Å². The second-order valence-corrected chi connectivity index (χ2v) is 8.19. The van der Waals surface area contributed by atoms with Crippen LogP contribution in [0.5, 0.6) is 0 Å². The number of anilines is 1. The van der Waals surface area contributed by atoms with Gasteiger partial charge in [0, 0.05) is 24.9 Å². The summed E-state index contributed by atoms with van der Waals surface area (Å²) in [4.78, 5) is 27.8. The normalized spacial score (nSPS) is 16.1. The van der Waals surface area contributed by atoms with Gasteiger partial charge in [0.05, 0.1) is 12.0 Å². The van der Waals surface area contributed by atoms with E-state index >= 15 is 0 Å². The molecule has 6 nitrogen and oxygen atoms in total. The van der Waals surface area contributed by atoms with Crippen LogP contribution in [0.15, 0.2) is 47.5 Å². The fourth-order valence-corrected chi connectivity index (χ4v) is 3.61. The number of carbonyl (C=O) groups excluding carboxylic acids is 2. The number of hydrogen-bond acceptors (Lipinski definition) is 4. The van der Waals surface area contributed by atoms with E-state index in [9.17, 15) is 35.9 Å². The lowest BCUT2D eigenvalue weighted by atomic mass is 9.99. The smallest absolute Gasteiger partial charge is 0.390 e. The molecule has 2 aromatic rings. The van der Waals surface area contributed by atoms with Crippen molar-refractivity contribution in [1.29, 1.82) is 0 Å². The molecule has 2 aromatic carbocycles. The molecule has 1 heterocycles. The minimum Gasteiger partial charge on any atom is -0.390 e. The Bertz CT molecular complexity index is 1240. The summed E-state index contributed by atoms with van der Waals surface area (Å²) in [6.45, 7) is 0.343. The zero-order chi connectivity index (χ0) is 27.4. The van der Waals surface area contributed by atoms with E-state index in [0.29, 0.717) is 17.2 Å². The second-order valence-electron chi connectivity index (χ2n) is 8.19. The van der Waals surface area contributed by atoms with Crippen LogP contribution in [0.25, 0.3) is 5.57 Å². The maximum atomic E-state index is 14.7. The van der Waals surface area contributed by atoms with Gasteiger partial charge in [-0.05, 0) is 53.5 Å². The third kappa shape index (κ3) is 7.26. The van der Waals surface area contributed by atoms with Gasteiger partial charge < -0.3 is 15.2 Å². The summed E-state index contributed by atoms with van der Waals surface area (Å²) in [7, 11) is 0. The van der Waals surface area contributed by atoms with Crippen molar-refractivity contribution in [3.05, 3.63) is 70.5 Å². The van der Waals surface area contributed by atoms with Gasteiger partial charge in [0.15, 0.2) is 6.10 Å². The maximum absolute atomic E-state index is 14.7. The fraction of sp³-hybridized carbons (Fsp3) is 0.320. The summed E-state index contributed by atoms with van der Waals surface area (Å²) in [5, 5.41) is 10.9. The van der Waals surface area contributed by atoms with E-state index in [0.717, 1.165) is 18.2 Å². The number of carbonyl (C=O) groups is 2. The van der Waals surface area contributed by atoms with Gasteiger partial charge in [-0.3, -0.25) is 9.59 Å². The predicted molar refractivity (Wildman–Crippen MR) is 123 cm³/mol. The van der Waals surface area contributed by atoms with Crippen molar-refractivity contribution in [2.75, 3.05) is 18.5 Å². The van der Waals surface area contributed by atoms with Gasteiger partial charge >= 0.3 is 6.18 Å². The molecule has 37 heavy (non-hydrogen) atoms. The molecule has 12 heteroatoms. The van der Waals surface area contributed by atoms with Crippen molar-refractivity contribution >= 4 is 29.3 Å². The molecule has 1 unspecified atom stereocenters. The third-order valence-corrected chi connectivity index (χ3v) is 5.37. The van der Waals surface area contributed by atoms with Crippen LogP contribution in [0, 0.1) is 5.82 Å². The Balaban J connectivity index is 1.75. The highest BCUT2D eigenvalue weighted by atomic mass is 19.4. The van der Waals surface area contributed by atoms with Crippen molar-refractivity contribution < 1.29 is 45.8 Å². The molecule has 0 fully saturated rings. The molecule has 2 N–H and O–H groups in total. The Morgan fingerprint density at radius 1 is 1.11 bits per heavy atom. The summed E-state index contributed by atoms with van der Waals surface area (Å²) >= 11 is 0. The van der Waals surface area contributed by atoms with Crippen LogP contribution in [-0.4, -0.2) is 48.4 Å². The predicted octanol–water partition coefficient (Wildman–Crippen LogP) is 4.60. The second kappa shape index (κ2) is 11.3. The molecule has 2 amide bonds. The molecule has 0 saturated carbocycles. The van der Waals surface area contributed by atoms with Crippen LogP contribution >= 0.6 is 0 Å². The number of halogens is 6. The molecule has 3 rings (SSSR count). The monoisotopic (exact) mass is 528 g/mol. The third-order valence-electron chi connectivity index (χ3n) is 5.37. The molecule has 0 radical (unpaired) electrons. The van der Waals surface area contributed by atoms with E-state index in [1.54, 1.807) is 6.92 Å². The first-order valence-electron chi connectivity index (χ1n) is 11.0. The standard InChI is InChI=1S/C25H22F6N2O4/c1-2-37-21-8-17(12-32-23(21)36)14-3-4-15(20(26)7-14)9-22(35)33-18-6-5-16(11-24(27,28)13-34)19(10-18)25(29,30)31/h3-8,10,12,21,34H,2,9,11,13H2,1H3,(H,33,35). The van der Waals surface area contributed by atoms with Gasteiger partial charge in [-0.2, -0.15) is 13.2 Å². The van der Waals surface area contributed by atoms with E-state index in [1.807, 2.05) is 0 Å². The number of benzene rings is 2. The first-order valence-corrected chi connectivity index (χ1v) is 11.0. The number of aliphatic hydroxyl groups is 1. The van der Waals surface area contributed by atoms with E-state index in [2.05, 4.69) is 10.3 Å². The van der Waals surface area contributed by atoms with Gasteiger partial charge in [0.25, 0.3) is 11.8 Å². The lowest BCUT2D eigenvalue weighted by molar-refractivity contribution is -0.139. The highest BCUT2D eigenvalue weighted by Crippen LogP contribution is 2.36. The van der Waals surface area contributed by atoms with Crippen molar-refractivity contribution in [1.82, 2.24) is 0 Å². The molecule has 0 aliphatic carbocycles. The summed E-state index contributed by atoms with van der Waals surface area (Å²) in [6.07, 6.45) is -5.01. The van der Waals surface area contributed by atoms with Crippen LogP contribution in [0.2, 0.25) is 0 Å². The zero-order valence-electron chi connectivity index (χ0n) is 19.4. The Kier molecular flexibility index (Phi) is 8.54. The first kappa shape index (κ1) is 28.1. The SMILES string of the molecule is CCOC1C=C(c2ccc(CC(=O)Nc3ccc(CC(F)(F)CO)c(C(F)(F)F)c3)c(F)c2)C=NC1=O. The summed E-state index contributed by atoms with van der Waals surface area (Å²) in [5.74, 6) is -5.87. The number of dihydropyridines is 1. The van der Waals surface area contributed by atoms with Crippen LogP contribution < -0.4 is 5.32 Å². The number of aliphatic hydroxyl groups excluding tert-OH is 1. The van der Waals surface area contributed by atoms with Crippen molar-refractivity contribution in [3.8, 4) is 0 Å². The Hall–Kier alpha value is -3.51. The van der Waals surface area contributed by atoms with Gasteiger partial charge in [-0.1, -0.05) is 18.2 Å². The lowest BCUT2D eigenvalue weighted by Crippen LogP contribution is -2.26. The summed E-state index contributed by atoms with van der Waals surface area (Å²) in [5.41, 5.74) is -1.71. The number of allylic oxidation sites excluding steroid dienone is 1. The average Bonchev–Trinajstić information content (AvgIpc) is 2.82. The number of amides is 2. The Morgan fingerprint density at radius 3 is 2.43 bits per heavy atom. The molecule has 0 aromatic heterocycles. The van der Waals surface area contributed by atoms with Crippen LogP contribution in [-0.2, 0) is 33.3 Å². The molecule has 1 aliphatic rings. The number of hydrogen-bond donors (Lipinski definition) is 2. The number of nitrogens with zero attached hydrogens (tertiary/aromatic N) is 1. The van der Waals surface area contributed by atoms with Crippen LogP contribution in [0.1, 0.15) is 29.2 Å². The molecule has 0 saturated heterocycles. The Labute approximate surface area is 207 Å². The van der Waals surface area contributed by atoms with Crippen LogP contribution in [0.4, 0.5) is 32.0 Å². The average molecular weight is 528 g/mol. The molecule has 1 aliphatic heterocycles. The van der Waals surface area contributed by atoms with Crippen molar-refractivity contribution in [3.63, 3.8) is 0 Å². The largest absolute Gasteiger partial charge is 0.416 e. The van der Waals surface area contributed by atoms with Gasteiger partial charge in [0.2, 0.25) is 5.91 Å². The van der Waals surface area contributed by atoms with Crippen LogP contribution in [0.3, 0.4) is 0 Å². The minimum absolute atomic E-state index is 0.0534. The molecule has 0 spiro atoms. The van der Waals surface area contributed by atoms with Gasteiger partial charge in [-0.15, -0.1) is 0 Å². The van der Waals surface area contributed by atoms with Crippen molar-refractivity contribution in [2.45, 2.75) is 38.0 Å². The van der Waals surface area contributed by atoms with Gasteiger partial charge in [-0.25, -0.2) is 18.2 Å². The van der Waals surface area contributed by atoms with Gasteiger partial charge in [0.1, 0.15) is 12.4 Å².